The maximum absolute atomic E-state index is 12.6. The van der Waals surface area contributed by atoms with Crippen molar-refractivity contribution < 1.29 is 30.0 Å². The van der Waals surface area contributed by atoms with E-state index in [-0.39, 0.29) is 40.9 Å². The number of hydrogen-bond acceptors (Lipinski definition) is 6. The summed E-state index contributed by atoms with van der Waals surface area (Å²) in [6.45, 7) is 10.1. The number of allylic oxidation sites excluding steroid dienone is 5. The largest absolute Gasteiger partial charge is 0.511 e. The first kappa shape index (κ1) is 28.4. The first-order chi connectivity index (χ1) is 16.9. The van der Waals surface area contributed by atoms with Crippen LogP contribution in [0.2, 0.25) is 0 Å². The Morgan fingerprint density at radius 1 is 1.17 bits per heavy atom. The van der Waals surface area contributed by atoms with E-state index in [1.807, 2.05) is 39.0 Å². The monoisotopic (exact) mass is 501 g/mol. The maximum Gasteiger partial charge on any atom is 0.260 e. The third kappa shape index (κ3) is 5.53. The van der Waals surface area contributed by atoms with Crippen LogP contribution < -0.4 is 5.32 Å². The molecular formula is C29H43NO6. The van der Waals surface area contributed by atoms with E-state index in [4.69, 9.17) is 0 Å². The first-order valence-electron chi connectivity index (χ1n) is 13.3. The minimum atomic E-state index is -1.65. The highest BCUT2D eigenvalue weighted by Crippen LogP contribution is 2.58. The molecule has 0 bridgehead atoms. The van der Waals surface area contributed by atoms with Crippen molar-refractivity contribution in [2.75, 3.05) is 0 Å². The summed E-state index contributed by atoms with van der Waals surface area (Å²) in [5, 5.41) is 44.4. The number of rotatable bonds is 8. The van der Waals surface area contributed by atoms with Crippen LogP contribution in [-0.4, -0.2) is 50.6 Å². The van der Waals surface area contributed by atoms with E-state index in [9.17, 15) is 30.0 Å². The van der Waals surface area contributed by atoms with Gasteiger partial charge in [-0.3, -0.25) is 9.59 Å². The number of hydrogen-bond donors (Lipinski definition) is 5. The number of aliphatic hydroxyl groups is 4. The molecule has 3 aliphatic rings. The predicted octanol–water partition coefficient (Wildman–Crippen LogP) is 3.58. The summed E-state index contributed by atoms with van der Waals surface area (Å²) in [5.74, 6) is -1.28. The molecule has 0 aromatic heterocycles. The predicted molar refractivity (Wildman–Crippen MR) is 138 cm³/mol. The van der Waals surface area contributed by atoms with Gasteiger partial charge in [0.2, 0.25) is 5.78 Å². The summed E-state index contributed by atoms with van der Waals surface area (Å²) in [6, 6.07) is 0. The van der Waals surface area contributed by atoms with Crippen molar-refractivity contribution in [3.63, 3.8) is 0 Å². The highest BCUT2D eigenvalue weighted by molar-refractivity contribution is 6.26. The lowest BCUT2D eigenvalue weighted by Gasteiger charge is -2.54. The Kier molecular flexibility index (Phi) is 9.02. The standard InChI is InChI=1S/C29H43NO6/c1-6-22(32)17(3)9-7-8-10-21(31)15-20-12-11-19-14-16(2)13-18(4)24(19)29(20,5)26(34)23-25(33)28(36)30-27(23)35/h7-12,16-22,24,28,31-32,34,36H,6,13-15H2,1-5H3,(H,30,35)/b9-7+,10-8+,26-23?/t16-,17-,18+,19+,20-,21-,22-,24-,28+,29-/m0/s1. The molecule has 1 saturated carbocycles. The minimum absolute atomic E-state index is 0.00231. The third-order valence-electron chi connectivity index (χ3n) is 8.69. The fourth-order valence-corrected chi connectivity index (χ4v) is 6.80. The molecule has 5 N–H and O–H groups in total. The summed E-state index contributed by atoms with van der Waals surface area (Å²) >= 11 is 0. The van der Waals surface area contributed by atoms with Gasteiger partial charge < -0.3 is 25.7 Å². The lowest BCUT2D eigenvalue weighted by molar-refractivity contribution is -0.123. The van der Waals surface area contributed by atoms with Crippen LogP contribution in [0.1, 0.15) is 60.3 Å². The molecule has 0 aromatic rings. The normalized spacial score (nSPS) is 38.8. The van der Waals surface area contributed by atoms with Crippen molar-refractivity contribution in [1.29, 1.82) is 0 Å². The third-order valence-corrected chi connectivity index (χ3v) is 8.69. The maximum atomic E-state index is 12.6. The fourth-order valence-electron chi connectivity index (χ4n) is 6.80. The number of Topliss-reactive ketones (excluding diaryl/α,β-unsaturated/α-hetero) is 1. The smallest absolute Gasteiger partial charge is 0.260 e. The van der Waals surface area contributed by atoms with Crippen LogP contribution in [0, 0.1) is 40.9 Å². The zero-order chi connectivity index (χ0) is 26.8. The van der Waals surface area contributed by atoms with Crippen molar-refractivity contribution in [2.24, 2.45) is 40.9 Å². The molecule has 2 fully saturated rings. The van der Waals surface area contributed by atoms with Crippen molar-refractivity contribution >= 4 is 11.7 Å². The van der Waals surface area contributed by atoms with Crippen molar-refractivity contribution in [1.82, 2.24) is 5.32 Å². The molecule has 200 valence electrons. The van der Waals surface area contributed by atoms with Crippen LogP contribution in [-0.2, 0) is 9.59 Å². The van der Waals surface area contributed by atoms with Gasteiger partial charge in [0.1, 0.15) is 11.3 Å². The quantitative estimate of drug-likeness (QED) is 0.114. The van der Waals surface area contributed by atoms with Crippen molar-refractivity contribution in [3.05, 3.63) is 47.8 Å². The van der Waals surface area contributed by atoms with Gasteiger partial charge in [0.15, 0.2) is 6.23 Å². The number of amides is 1. The molecule has 0 spiro atoms. The molecule has 36 heavy (non-hydrogen) atoms. The Hall–Kier alpha value is -2.22. The van der Waals surface area contributed by atoms with E-state index >= 15 is 0 Å². The summed E-state index contributed by atoms with van der Waals surface area (Å²) < 4.78 is 0. The topological polar surface area (TPSA) is 127 Å². The molecule has 10 atom stereocenters. The number of aliphatic hydroxyl groups excluding tert-OH is 4. The SMILES string of the molecule is CC[C@H](O)[C@@H](C)/C=C/C=C/[C@H](O)C[C@@H]1C=C[C@@H]2C[C@@H](C)C[C@@H](C)[C@@H]2[C@@]1(C)C(O)=C1C(=O)N[C@H](O)C1=O. The average molecular weight is 502 g/mol. The molecule has 0 aromatic carbocycles. The van der Waals surface area contributed by atoms with Crippen LogP contribution >= 0.6 is 0 Å². The Balaban J connectivity index is 1.93. The van der Waals surface area contributed by atoms with Gasteiger partial charge in [0, 0.05) is 11.3 Å². The van der Waals surface area contributed by atoms with Crippen LogP contribution in [0.25, 0.3) is 0 Å². The Morgan fingerprint density at radius 2 is 1.83 bits per heavy atom. The molecule has 3 rings (SSSR count). The van der Waals surface area contributed by atoms with E-state index in [1.54, 1.807) is 12.2 Å². The van der Waals surface area contributed by atoms with Crippen molar-refractivity contribution in [3.8, 4) is 0 Å². The highest BCUT2D eigenvalue weighted by atomic mass is 16.3. The van der Waals surface area contributed by atoms with E-state index in [0.29, 0.717) is 18.8 Å². The minimum Gasteiger partial charge on any atom is -0.511 e. The number of ketones is 1. The van der Waals surface area contributed by atoms with E-state index in [2.05, 4.69) is 25.2 Å². The zero-order valence-corrected chi connectivity index (χ0v) is 22.1. The number of fused-ring (bicyclic) bond motifs is 1. The van der Waals surface area contributed by atoms with E-state index in [1.165, 1.54) is 0 Å². The highest BCUT2D eigenvalue weighted by Gasteiger charge is 2.55. The second kappa shape index (κ2) is 11.4. The molecule has 1 heterocycles. The molecule has 1 aliphatic heterocycles. The molecular weight excluding hydrogens is 458 g/mol. The second-order valence-electron chi connectivity index (χ2n) is 11.4. The van der Waals surface area contributed by atoms with Gasteiger partial charge in [0.05, 0.1) is 12.2 Å². The van der Waals surface area contributed by atoms with Gasteiger partial charge >= 0.3 is 0 Å². The fraction of sp³-hybridized carbons (Fsp3) is 0.655. The first-order valence-corrected chi connectivity index (χ1v) is 13.3. The van der Waals surface area contributed by atoms with Gasteiger partial charge in [-0.25, -0.2) is 0 Å². The molecule has 1 amide bonds. The molecule has 7 heteroatoms. The summed E-state index contributed by atoms with van der Waals surface area (Å²) in [7, 11) is 0. The van der Waals surface area contributed by atoms with Gasteiger partial charge in [-0.05, 0) is 55.3 Å². The van der Waals surface area contributed by atoms with Crippen LogP contribution in [0.5, 0.6) is 0 Å². The van der Waals surface area contributed by atoms with Crippen molar-refractivity contribution in [2.45, 2.75) is 78.7 Å². The lowest BCUT2D eigenvalue weighted by atomic mass is 9.50. The Bertz CT molecular complexity index is 951. The summed E-state index contributed by atoms with van der Waals surface area (Å²) in [4.78, 5) is 25.1. The summed E-state index contributed by atoms with van der Waals surface area (Å²) in [5.41, 5.74) is -1.33. The Labute approximate surface area is 214 Å². The van der Waals surface area contributed by atoms with E-state index < -0.39 is 35.5 Å². The molecule has 0 unspecified atom stereocenters. The van der Waals surface area contributed by atoms with Crippen LogP contribution in [0.4, 0.5) is 0 Å². The number of carbonyl (C=O) groups is 2. The van der Waals surface area contributed by atoms with Crippen LogP contribution in [0.3, 0.4) is 0 Å². The average Bonchev–Trinajstić information content (AvgIpc) is 3.07. The van der Waals surface area contributed by atoms with E-state index in [0.717, 1.165) is 12.8 Å². The second-order valence-corrected chi connectivity index (χ2v) is 11.4. The lowest BCUT2D eigenvalue weighted by Crippen LogP contribution is -2.49. The summed E-state index contributed by atoms with van der Waals surface area (Å²) in [6.07, 6.45) is 11.3. The van der Waals surface area contributed by atoms with Gasteiger partial charge in [0.25, 0.3) is 5.91 Å². The number of carbonyl (C=O) groups excluding carboxylic acids is 2. The van der Waals surface area contributed by atoms with Gasteiger partial charge in [-0.1, -0.05) is 71.1 Å². The van der Waals surface area contributed by atoms with Gasteiger partial charge in [-0.15, -0.1) is 0 Å². The molecule has 1 saturated heterocycles. The molecule has 0 radical (unpaired) electrons. The zero-order valence-electron chi connectivity index (χ0n) is 22.1. The van der Waals surface area contributed by atoms with Gasteiger partial charge in [-0.2, -0.15) is 0 Å². The molecule has 7 nitrogen and oxygen atoms in total. The molecule has 2 aliphatic carbocycles. The Morgan fingerprint density at radius 3 is 2.44 bits per heavy atom. The number of nitrogens with one attached hydrogen (secondary N) is 1. The van der Waals surface area contributed by atoms with Crippen LogP contribution in [0.15, 0.2) is 47.8 Å².